The van der Waals surface area contributed by atoms with E-state index in [0.29, 0.717) is 13.0 Å². The number of Topliss-reactive ketones (excluding diaryl/α,β-unsaturated/α-hetero) is 1. The fourth-order valence-electron chi connectivity index (χ4n) is 5.33. The zero-order chi connectivity index (χ0) is 25.1. The summed E-state index contributed by atoms with van der Waals surface area (Å²) in [6, 6.07) is 11.5. The monoisotopic (exact) mass is 485 g/mol. The number of carbonyl (C=O) groups excluding carboxylic acids is 1. The number of aromatic nitrogens is 3. The van der Waals surface area contributed by atoms with Gasteiger partial charge in [-0.25, -0.2) is 4.39 Å². The molecule has 4 aromatic rings. The number of halogens is 1. The summed E-state index contributed by atoms with van der Waals surface area (Å²) in [4.78, 5) is 21.9. The lowest BCUT2D eigenvalue weighted by atomic mass is 9.96. The summed E-state index contributed by atoms with van der Waals surface area (Å²) in [6.07, 6.45) is 12.0. The van der Waals surface area contributed by atoms with Crippen LogP contribution in [0.5, 0.6) is 5.75 Å². The summed E-state index contributed by atoms with van der Waals surface area (Å²) < 4.78 is 22.2. The van der Waals surface area contributed by atoms with Crippen LogP contribution >= 0.6 is 0 Å². The summed E-state index contributed by atoms with van der Waals surface area (Å²) in [5.74, 6) is 0.649. The van der Waals surface area contributed by atoms with E-state index in [1.165, 1.54) is 25.1 Å². The quantitative estimate of drug-likeness (QED) is 0.243. The molecule has 0 aliphatic heterocycles. The van der Waals surface area contributed by atoms with Gasteiger partial charge in [0.15, 0.2) is 5.78 Å². The third-order valence-corrected chi connectivity index (χ3v) is 6.97. The van der Waals surface area contributed by atoms with Gasteiger partial charge in [-0.15, -0.1) is 0 Å². The number of ether oxygens (including phenoxy) is 1. The summed E-state index contributed by atoms with van der Waals surface area (Å²) >= 11 is 0. The highest BCUT2D eigenvalue weighted by Crippen LogP contribution is 2.36. The molecule has 3 aromatic heterocycles. The average Bonchev–Trinajstić information content (AvgIpc) is 3.49. The Morgan fingerprint density at radius 2 is 1.89 bits per heavy atom. The summed E-state index contributed by atoms with van der Waals surface area (Å²) in [5.41, 5.74) is 4.55. The van der Waals surface area contributed by atoms with Crippen LogP contribution < -0.4 is 4.74 Å². The van der Waals surface area contributed by atoms with E-state index in [1.54, 1.807) is 12.4 Å². The molecule has 3 heterocycles. The molecule has 1 aliphatic rings. The number of rotatable bonds is 9. The van der Waals surface area contributed by atoms with Gasteiger partial charge in [0.2, 0.25) is 0 Å². The predicted molar refractivity (Wildman–Crippen MR) is 139 cm³/mol. The first kappa shape index (κ1) is 24.2. The standard InChI is InChI=1S/C30H32FN3O2/c1-20(2)30-29(28(35)12-9-21-14-23(31)18-33-16-21)26-11-10-25(36-24-7-3-4-8-24)15-27(26)34(30)19-22-6-5-13-32-17-22/h5-6,10-11,13-18,20,24H,3-4,7-9,12,19H2,1-2H3. The summed E-state index contributed by atoms with van der Waals surface area (Å²) in [6.45, 7) is 4.86. The van der Waals surface area contributed by atoms with Crippen LogP contribution in [0.25, 0.3) is 10.9 Å². The van der Waals surface area contributed by atoms with E-state index in [0.717, 1.165) is 51.9 Å². The highest BCUT2D eigenvalue weighted by atomic mass is 19.1. The van der Waals surface area contributed by atoms with Crippen LogP contribution in [0.1, 0.15) is 79.0 Å². The van der Waals surface area contributed by atoms with Crippen LogP contribution in [0.15, 0.2) is 61.2 Å². The van der Waals surface area contributed by atoms with Crippen molar-refractivity contribution in [2.24, 2.45) is 0 Å². The second-order valence-electron chi connectivity index (χ2n) is 10.0. The van der Waals surface area contributed by atoms with E-state index >= 15 is 0 Å². The van der Waals surface area contributed by atoms with Crippen molar-refractivity contribution in [3.05, 3.63) is 89.4 Å². The zero-order valence-corrected chi connectivity index (χ0v) is 20.9. The van der Waals surface area contributed by atoms with E-state index in [1.807, 2.05) is 24.4 Å². The van der Waals surface area contributed by atoms with Crippen LogP contribution in [-0.2, 0) is 13.0 Å². The molecule has 0 spiro atoms. The molecule has 1 aromatic carbocycles. The maximum atomic E-state index is 13.7. The normalized spacial score (nSPS) is 14.1. The van der Waals surface area contributed by atoms with Crippen LogP contribution in [0.4, 0.5) is 4.39 Å². The van der Waals surface area contributed by atoms with Crippen LogP contribution in [0.3, 0.4) is 0 Å². The van der Waals surface area contributed by atoms with Gasteiger partial charge in [0.05, 0.1) is 17.8 Å². The molecule has 5 rings (SSSR count). The van der Waals surface area contributed by atoms with Crippen LogP contribution in [0, 0.1) is 5.82 Å². The van der Waals surface area contributed by atoms with Crippen molar-refractivity contribution in [3.8, 4) is 5.75 Å². The van der Waals surface area contributed by atoms with Crippen molar-refractivity contribution >= 4 is 16.7 Å². The number of hydrogen-bond acceptors (Lipinski definition) is 4. The first-order valence-electron chi connectivity index (χ1n) is 12.8. The molecule has 186 valence electrons. The first-order chi connectivity index (χ1) is 17.5. The van der Waals surface area contributed by atoms with Crippen molar-refractivity contribution in [2.75, 3.05) is 0 Å². The molecule has 1 fully saturated rings. The topological polar surface area (TPSA) is 57.0 Å². The van der Waals surface area contributed by atoms with Crippen molar-refractivity contribution in [1.82, 2.24) is 14.5 Å². The minimum absolute atomic E-state index is 0.0577. The number of nitrogens with zero attached hydrogens (tertiary/aromatic N) is 3. The highest BCUT2D eigenvalue weighted by Gasteiger charge is 2.25. The third kappa shape index (κ3) is 5.18. The molecule has 36 heavy (non-hydrogen) atoms. The van der Waals surface area contributed by atoms with E-state index in [4.69, 9.17) is 4.74 Å². The Hall–Kier alpha value is -3.54. The minimum Gasteiger partial charge on any atom is -0.490 e. The minimum atomic E-state index is -0.384. The lowest BCUT2D eigenvalue weighted by Crippen LogP contribution is -2.11. The molecule has 1 saturated carbocycles. The molecule has 0 amide bonds. The molecule has 6 heteroatoms. The van der Waals surface area contributed by atoms with Gasteiger partial charge in [-0.3, -0.25) is 14.8 Å². The second-order valence-corrected chi connectivity index (χ2v) is 10.0. The smallest absolute Gasteiger partial charge is 0.165 e. The lowest BCUT2D eigenvalue weighted by Gasteiger charge is -2.16. The van der Waals surface area contributed by atoms with E-state index in [9.17, 15) is 9.18 Å². The Morgan fingerprint density at radius 1 is 1.08 bits per heavy atom. The summed E-state index contributed by atoms with van der Waals surface area (Å²) in [7, 11) is 0. The predicted octanol–water partition coefficient (Wildman–Crippen LogP) is 6.88. The van der Waals surface area contributed by atoms with Crippen LogP contribution in [0.2, 0.25) is 0 Å². The number of ketones is 1. The number of hydrogen-bond donors (Lipinski definition) is 0. The number of aryl methyl sites for hydroxylation is 1. The maximum Gasteiger partial charge on any atom is 0.165 e. The number of benzene rings is 1. The van der Waals surface area contributed by atoms with Crippen molar-refractivity contribution in [3.63, 3.8) is 0 Å². The highest BCUT2D eigenvalue weighted by molar-refractivity contribution is 6.10. The van der Waals surface area contributed by atoms with Gasteiger partial charge in [-0.1, -0.05) is 19.9 Å². The number of fused-ring (bicyclic) bond motifs is 1. The van der Waals surface area contributed by atoms with Gasteiger partial charge in [0.1, 0.15) is 11.6 Å². The Balaban J connectivity index is 1.56. The molecule has 5 nitrogen and oxygen atoms in total. The van der Waals surface area contributed by atoms with E-state index in [2.05, 4.69) is 40.5 Å². The lowest BCUT2D eigenvalue weighted by molar-refractivity contribution is 0.0982. The van der Waals surface area contributed by atoms with Crippen LogP contribution in [-0.4, -0.2) is 26.4 Å². The molecule has 0 N–H and O–H groups in total. The van der Waals surface area contributed by atoms with E-state index in [-0.39, 0.29) is 30.0 Å². The fourth-order valence-corrected chi connectivity index (χ4v) is 5.33. The van der Waals surface area contributed by atoms with E-state index < -0.39 is 0 Å². The first-order valence-corrected chi connectivity index (χ1v) is 12.8. The molecule has 0 saturated heterocycles. The van der Waals surface area contributed by atoms with Gasteiger partial charge in [-0.2, -0.15) is 0 Å². The second kappa shape index (κ2) is 10.6. The van der Waals surface area contributed by atoms with Crippen molar-refractivity contribution in [2.45, 2.75) is 70.9 Å². The fraction of sp³-hybridized carbons (Fsp3) is 0.367. The van der Waals surface area contributed by atoms with Gasteiger partial charge in [0, 0.05) is 54.3 Å². The molecule has 0 radical (unpaired) electrons. The summed E-state index contributed by atoms with van der Waals surface area (Å²) in [5, 5.41) is 0.934. The number of pyridine rings is 2. The average molecular weight is 486 g/mol. The SMILES string of the molecule is CC(C)c1c(C(=O)CCc2cncc(F)c2)c2ccc(OC3CCCC3)cc2n1Cc1cccnc1. The van der Waals surface area contributed by atoms with Gasteiger partial charge >= 0.3 is 0 Å². The molecule has 0 unspecified atom stereocenters. The molecule has 0 atom stereocenters. The molecule has 0 bridgehead atoms. The van der Waals surface area contributed by atoms with Gasteiger partial charge in [-0.05, 0) is 73.4 Å². The number of carbonyl (C=O) groups is 1. The Kier molecular flexibility index (Phi) is 7.12. The Bertz CT molecular complexity index is 1360. The van der Waals surface area contributed by atoms with Gasteiger partial charge < -0.3 is 9.30 Å². The molecular formula is C30H32FN3O2. The Morgan fingerprint density at radius 3 is 2.61 bits per heavy atom. The molecular weight excluding hydrogens is 453 g/mol. The maximum absolute atomic E-state index is 13.7. The zero-order valence-electron chi connectivity index (χ0n) is 20.9. The third-order valence-electron chi connectivity index (χ3n) is 6.97. The molecule has 1 aliphatic carbocycles. The van der Waals surface area contributed by atoms with Crippen molar-refractivity contribution < 1.29 is 13.9 Å². The largest absolute Gasteiger partial charge is 0.490 e. The van der Waals surface area contributed by atoms with Gasteiger partial charge in [0.25, 0.3) is 0 Å². The van der Waals surface area contributed by atoms with Crippen molar-refractivity contribution in [1.29, 1.82) is 0 Å². The Labute approximate surface area is 211 Å².